The minimum Gasteiger partial charge on any atom is -0.492 e. The van der Waals surface area contributed by atoms with E-state index in [9.17, 15) is 0 Å². The molecule has 1 saturated heterocycles. The number of rotatable bonds is 9. The first kappa shape index (κ1) is 24.0. The number of nitrogens with one attached hydrogen (secondary N) is 1. The van der Waals surface area contributed by atoms with Crippen molar-refractivity contribution in [3.8, 4) is 16.3 Å². The minimum absolute atomic E-state index is 0.437. The molecule has 1 aliphatic carbocycles. The number of anilines is 3. The number of nitrogens with two attached hydrogens (primary N) is 1. The van der Waals surface area contributed by atoms with Gasteiger partial charge in [0.15, 0.2) is 5.01 Å². The number of pyridine rings is 3. The maximum absolute atomic E-state index is 6.35. The SMILES string of the molecule is Nc1nc2cc(Nc3cncc(OCCCN4CCCC4)c3)cnc2cc1-c1nnc(C2CCCC2)s1. The van der Waals surface area contributed by atoms with E-state index in [0.29, 0.717) is 23.9 Å². The molecule has 9 nitrogen and oxygen atoms in total. The van der Waals surface area contributed by atoms with Gasteiger partial charge in [0.1, 0.15) is 16.6 Å². The zero-order valence-electron chi connectivity index (χ0n) is 20.9. The Labute approximate surface area is 220 Å². The summed E-state index contributed by atoms with van der Waals surface area (Å²) in [6.45, 7) is 4.20. The number of fused-ring (bicyclic) bond motifs is 1. The summed E-state index contributed by atoms with van der Waals surface area (Å²) in [6.07, 6.45) is 13.9. The van der Waals surface area contributed by atoms with Crippen molar-refractivity contribution in [3.05, 3.63) is 41.8 Å². The van der Waals surface area contributed by atoms with E-state index in [2.05, 4.69) is 35.4 Å². The molecular weight excluding hydrogens is 484 g/mol. The van der Waals surface area contributed by atoms with Gasteiger partial charge >= 0.3 is 0 Å². The Balaban J connectivity index is 1.12. The molecule has 0 bridgehead atoms. The van der Waals surface area contributed by atoms with Crippen LogP contribution in [0.5, 0.6) is 5.75 Å². The lowest BCUT2D eigenvalue weighted by molar-refractivity contribution is 0.263. The molecule has 2 fully saturated rings. The van der Waals surface area contributed by atoms with E-state index in [-0.39, 0.29) is 0 Å². The van der Waals surface area contributed by atoms with Gasteiger partial charge in [0.25, 0.3) is 0 Å². The van der Waals surface area contributed by atoms with Crippen molar-refractivity contribution < 1.29 is 4.74 Å². The normalized spacial score (nSPS) is 16.5. The zero-order valence-corrected chi connectivity index (χ0v) is 21.7. The number of nitrogens with zero attached hydrogens (tertiary/aromatic N) is 6. The molecule has 0 spiro atoms. The molecule has 3 N–H and O–H groups in total. The maximum atomic E-state index is 6.35. The van der Waals surface area contributed by atoms with Crippen LogP contribution in [0.3, 0.4) is 0 Å². The molecule has 0 aromatic carbocycles. The van der Waals surface area contributed by atoms with Gasteiger partial charge in [0.05, 0.1) is 53.2 Å². The van der Waals surface area contributed by atoms with E-state index >= 15 is 0 Å². The molecule has 0 radical (unpaired) electrons. The minimum atomic E-state index is 0.437. The van der Waals surface area contributed by atoms with Crippen molar-refractivity contribution >= 4 is 39.6 Å². The number of likely N-dealkylation sites (tertiary alicyclic amines) is 1. The van der Waals surface area contributed by atoms with Crippen molar-refractivity contribution in [1.29, 1.82) is 0 Å². The second-order valence-corrected chi connectivity index (χ2v) is 10.9. The second kappa shape index (κ2) is 10.9. The Morgan fingerprint density at radius 1 is 0.973 bits per heavy atom. The first-order valence-corrected chi connectivity index (χ1v) is 14.0. The quantitative estimate of drug-likeness (QED) is 0.282. The number of hydrogen-bond acceptors (Lipinski definition) is 10. The van der Waals surface area contributed by atoms with E-state index in [0.717, 1.165) is 51.2 Å². The number of ether oxygens (including phenoxy) is 1. The molecule has 5 heterocycles. The van der Waals surface area contributed by atoms with Crippen LogP contribution in [0.4, 0.5) is 17.2 Å². The van der Waals surface area contributed by atoms with E-state index in [1.807, 2.05) is 18.2 Å². The molecule has 4 aromatic rings. The molecular formula is C27H32N8OS. The van der Waals surface area contributed by atoms with E-state index in [1.165, 1.54) is 51.6 Å². The molecule has 4 aromatic heterocycles. The predicted octanol–water partition coefficient (Wildman–Crippen LogP) is 5.39. The Morgan fingerprint density at radius 3 is 2.68 bits per heavy atom. The third kappa shape index (κ3) is 5.65. The van der Waals surface area contributed by atoms with Crippen molar-refractivity contribution in [2.45, 2.75) is 50.9 Å². The van der Waals surface area contributed by atoms with Gasteiger partial charge in [0, 0.05) is 18.5 Å². The first-order chi connectivity index (χ1) is 18.2. The van der Waals surface area contributed by atoms with Gasteiger partial charge in [-0.1, -0.05) is 24.2 Å². The van der Waals surface area contributed by atoms with Crippen LogP contribution in [0.1, 0.15) is 55.9 Å². The standard InChI is InChI=1S/C27H32N8OS/c28-25-22(27-34-33-26(37-27)18-6-1-2-7-18)14-23-24(32-25)13-20(16-30-23)31-19-12-21(17-29-15-19)36-11-5-10-35-8-3-4-9-35/h12-18,31H,1-11H2,(H2,28,32). The van der Waals surface area contributed by atoms with Crippen LogP contribution < -0.4 is 15.8 Å². The van der Waals surface area contributed by atoms with E-state index in [4.69, 9.17) is 10.5 Å². The van der Waals surface area contributed by atoms with Crippen molar-refractivity contribution in [1.82, 2.24) is 30.0 Å². The lowest BCUT2D eigenvalue weighted by atomic mass is 10.1. The fourth-order valence-electron chi connectivity index (χ4n) is 5.20. The molecule has 1 aliphatic heterocycles. The van der Waals surface area contributed by atoms with Crippen LogP contribution in [-0.2, 0) is 0 Å². The van der Waals surface area contributed by atoms with Crippen LogP contribution in [0.2, 0.25) is 0 Å². The molecule has 6 rings (SSSR count). The molecule has 2 aliphatic rings. The summed E-state index contributed by atoms with van der Waals surface area (Å²) in [7, 11) is 0. The summed E-state index contributed by atoms with van der Waals surface area (Å²) in [5.74, 6) is 1.72. The van der Waals surface area contributed by atoms with Gasteiger partial charge in [-0.15, -0.1) is 10.2 Å². The van der Waals surface area contributed by atoms with E-state index in [1.54, 1.807) is 29.9 Å². The first-order valence-electron chi connectivity index (χ1n) is 13.2. The highest BCUT2D eigenvalue weighted by molar-refractivity contribution is 7.14. The average molecular weight is 517 g/mol. The Morgan fingerprint density at radius 2 is 1.81 bits per heavy atom. The molecule has 10 heteroatoms. The van der Waals surface area contributed by atoms with Gasteiger partial charge in [0.2, 0.25) is 0 Å². The van der Waals surface area contributed by atoms with Crippen molar-refractivity contribution in [2.75, 3.05) is 37.3 Å². The maximum Gasteiger partial charge on any atom is 0.151 e. The highest BCUT2D eigenvalue weighted by Gasteiger charge is 2.22. The van der Waals surface area contributed by atoms with Crippen LogP contribution >= 0.6 is 11.3 Å². The predicted molar refractivity (Wildman–Crippen MR) is 147 cm³/mol. The molecule has 0 unspecified atom stereocenters. The van der Waals surface area contributed by atoms with Gasteiger partial charge in [-0.2, -0.15) is 0 Å². The summed E-state index contributed by atoms with van der Waals surface area (Å²) < 4.78 is 5.94. The highest BCUT2D eigenvalue weighted by Crippen LogP contribution is 2.39. The molecule has 192 valence electrons. The monoisotopic (exact) mass is 516 g/mol. The smallest absolute Gasteiger partial charge is 0.151 e. The summed E-state index contributed by atoms with van der Waals surface area (Å²) in [5, 5.41) is 14.1. The fourth-order valence-corrected chi connectivity index (χ4v) is 6.24. The van der Waals surface area contributed by atoms with Gasteiger partial charge in [-0.05, 0) is 57.3 Å². The zero-order chi connectivity index (χ0) is 25.0. The third-order valence-electron chi connectivity index (χ3n) is 7.16. The largest absolute Gasteiger partial charge is 0.492 e. The molecule has 1 saturated carbocycles. The van der Waals surface area contributed by atoms with Crippen molar-refractivity contribution in [2.24, 2.45) is 0 Å². The number of nitrogen functional groups attached to an aromatic ring is 1. The summed E-state index contributed by atoms with van der Waals surface area (Å²) in [6, 6.07) is 5.85. The van der Waals surface area contributed by atoms with Crippen LogP contribution in [0.15, 0.2) is 36.8 Å². The van der Waals surface area contributed by atoms with Crippen LogP contribution in [0.25, 0.3) is 21.6 Å². The fraction of sp³-hybridized carbons (Fsp3) is 0.444. The molecule has 0 amide bonds. The Hall–Kier alpha value is -3.37. The average Bonchev–Trinajstić information content (AvgIpc) is 3.69. The second-order valence-electron chi connectivity index (χ2n) is 9.90. The third-order valence-corrected chi connectivity index (χ3v) is 8.28. The lowest BCUT2D eigenvalue weighted by Gasteiger charge is -2.14. The van der Waals surface area contributed by atoms with Crippen LogP contribution in [-0.4, -0.2) is 56.3 Å². The van der Waals surface area contributed by atoms with E-state index < -0.39 is 0 Å². The summed E-state index contributed by atoms with van der Waals surface area (Å²) >= 11 is 1.62. The topological polar surface area (TPSA) is 115 Å². The molecule has 0 atom stereocenters. The van der Waals surface area contributed by atoms with Crippen LogP contribution in [0, 0.1) is 0 Å². The van der Waals surface area contributed by atoms with Gasteiger partial charge in [-0.3, -0.25) is 9.97 Å². The summed E-state index contributed by atoms with van der Waals surface area (Å²) in [4.78, 5) is 16.1. The van der Waals surface area contributed by atoms with Gasteiger partial charge < -0.3 is 20.7 Å². The number of hydrogen-bond donors (Lipinski definition) is 2. The van der Waals surface area contributed by atoms with Gasteiger partial charge in [-0.25, -0.2) is 4.98 Å². The Kier molecular flexibility index (Phi) is 7.09. The molecule has 37 heavy (non-hydrogen) atoms. The summed E-state index contributed by atoms with van der Waals surface area (Å²) in [5.41, 5.74) is 10.3. The van der Waals surface area contributed by atoms with Crippen molar-refractivity contribution in [3.63, 3.8) is 0 Å². The number of aromatic nitrogens is 5. The lowest BCUT2D eigenvalue weighted by Crippen LogP contribution is -2.21. The Bertz CT molecular complexity index is 1360. The highest BCUT2D eigenvalue weighted by atomic mass is 32.1.